The van der Waals surface area contributed by atoms with Crippen molar-refractivity contribution in [2.24, 2.45) is 0 Å². The number of hydrogen-bond acceptors (Lipinski definition) is 3. The van der Waals surface area contributed by atoms with Gasteiger partial charge in [0.2, 0.25) is 0 Å². The molecule has 1 aromatic carbocycles. The van der Waals surface area contributed by atoms with E-state index in [1.165, 1.54) is 0 Å². The van der Waals surface area contributed by atoms with Crippen LogP contribution in [0.15, 0.2) is 30.3 Å². The summed E-state index contributed by atoms with van der Waals surface area (Å²) in [5, 5.41) is 1.03. The molecule has 0 radical (unpaired) electrons. The number of hydroxylamine groups is 1. The number of benzene rings is 1. The zero-order valence-electron chi connectivity index (χ0n) is 7.18. The summed E-state index contributed by atoms with van der Waals surface area (Å²) in [5.41, 5.74) is 2.80. The van der Waals surface area contributed by atoms with Gasteiger partial charge in [-0.1, -0.05) is 30.3 Å². The summed E-state index contributed by atoms with van der Waals surface area (Å²) in [6.45, 7) is 0.715. The fraction of sp³-hybridized carbons (Fsp3) is 0.333. The van der Waals surface area contributed by atoms with Crippen LogP contribution in [0.2, 0.25) is 0 Å². The second-order valence-corrected chi connectivity index (χ2v) is 4.72. The summed E-state index contributed by atoms with van der Waals surface area (Å²) >= 11 is 0. The summed E-state index contributed by atoms with van der Waals surface area (Å²) in [6.07, 6.45) is 0.777. The van der Waals surface area contributed by atoms with Crippen LogP contribution in [-0.2, 0) is 4.84 Å². The molecule has 13 heavy (non-hydrogen) atoms. The van der Waals surface area contributed by atoms with Crippen molar-refractivity contribution in [1.29, 1.82) is 0 Å². The summed E-state index contributed by atoms with van der Waals surface area (Å²) in [6, 6.07) is 10.1. The van der Waals surface area contributed by atoms with Crippen molar-refractivity contribution in [3.63, 3.8) is 0 Å². The molecule has 4 heteroatoms. The molecule has 0 bridgehead atoms. The first-order chi connectivity index (χ1) is 6.36. The van der Waals surface area contributed by atoms with Crippen LogP contribution < -0.4 is 10.8 Å². The minimum atomic E-state index is -1.01. The standard InChI is InChI=1S/C9H12NO2P/c11-13(7-8-6-12-10-8)9-4-2-1-3-5-9/h1-5,8,10-11H,6-7H2. The van der Waals surface area contributed by atoms with Gasteiger partial charge in [0.1, 0.15) is 0 Å². The molecule has 0 aliphatic carbocycles. The Bertz CT molecular complexity index is 264. The summed E-state index contributed by atoms with van der Waals surface area (Å²) in [4.78, 5) is 14.6. The monoisotopic (exact) mass is 197 g/mol. The van der Waals surface area contributed by atoms with Crippen LogP contribution in [0.1, 0.15) is 0 Å². The third-order valence-electron chi connectivity index (χ3n) is 1.98. The lowest BCUT2D eigenvalue weighted by Crippen LogP contribution is -2.48. The van der Waals surface area contributed by atoms with Gasteiger partial charge in [-0.25, -0.2) is 0 Å². The highest BCUT2D eigenvalue weighted by atomic mass is 31.1. The number of rotatable bonds is 3. The minimum Gasteiger partial charge on any atom is -0.369 e. The quantitative estimate of drug-likeness (QED) is 0.697. The smallest absolute Gasteiger partial charge is 0.0862 e. The number of hydrogen-bond donors (Lipinski definition) is 2. The molecule has 0 amide bonds. The molecule has 0 aromatic heterocycles. The molecule has 0 saturated carbocycles. The first kappa shape index (κ1) is 9.10. The topological polar surface area (TPSA) is 41.5 Å². The zero-order valence-corrected chi connectivity index (χ0v) is 8.08. The summed E-state index contributed by atoms with van der Waals surface area (Å²) in [5.74, 6) is 0. The molecule has 1 fully saturated rings. The molecule has 2 atom stereocenters. The molecule has 70 valence electrons. The van der Waals surface area contributed by atoms with Gasteiger partial charge in [0.15, 0.2) is 0 Å². The Kier molecular flexibility index (Phi) is 2.91. The largest absolute Gasteiger partial charge is 0.369 e. The maximum atomic E-state index is 9.83. The van der Waals surface area contributed by atoms with Gasteiger partial charge in [0, 0.05) is 11.5 Å². The Labute approximate surface area is 78.5 Å². The summed E-state index contributed by atoms with van der Waals surface area (Å²) < 4.78 is 0. The lowest BCUT2D eigenvalue weighted by Gasteiger charge is -2.28. The zero-order chi connectivity index (χ0) is 9.10. The summed E-state index contributed by atoms with van der Waals surface area (Å²) in [7, 11) is -1.01. The van der Waals surface area contributed by atoms with Crippen LogP contribution in [0.4, 0.5) is 0 Å². The van der Waals surface area contributed by atoms with Crippen LogP contribution in [-0.4, -0.2) is 23.7 Å². The van der Waals surface area contributed by atoms with Crippen LogP contribution in [0.5, 0.6) is 0 Å². The molecular formula is C9H12NO2P. The van der Waals surface area contributed by atoms with Gasteiger partial charge in [-0.05, 0) is 0 Å². The normalized spacial score (nSPS) is 23.6. The average Bonchev–Trinajstić information content (AvgIpc) is 2.12. The third kappa shape index (κ3) is 2.26. The van der Waals surface area contributed by atoms with E-state index < -0.39 is 8.15 Å². The van der Waals surface area contributed by atoms with Crippen molar-refractivity contribution < 1.29 is 9.73 Å². The highest BCUT2D eigenvalue weighted by Gasteiger charge is 2.22. The van der Waals surface area contributed by atoms with Crippen molar-refractivity contribution in [3.05, 3.63) is 30.3 Å². The molecule has 0 spiro atoms. The van der Waals surface area contributed by atoms with E-state index >= 15 is 0 Å². The predicted octanol–water partition coefficient (Wildman–Crippen LogP) is 0.604. The fourth-order valence-electron chi connectivity index (χ4n) is 1.21. The lowest BCUT2D eigenvalue weighted by molar-refractivity contribution is -0.0890. The minimum absolute atomic E-state index is 0.330. The van der Waals surface area contributed by atoms with Crippen LogP contribution >= 0.6 is 8.15 Å². The highest BCUT2D eigenvalue weighted by molar-refractivity contribution is 7.60. The van der Waals surface area contributed by atoms with Crippen molar-refractivity contribution in [3.8, 4) is 0 Å². The molecule has 2 N–H and O–H groups in total. The van der Waals surface area contributed by atoms with Crippen molar-refractivity contribution in [1.82, 2.24) is 5.48 Å². The average molecular weight is 197 g/mol. The SMILES string of the molecule is OP(CC1CON1)c1ccccc1. The Morgan fingerprint density at radius 2 is 2.15 bits per heavy atom. The van der Waals surface area contributed by atoms with Crippen molar-refractivity contribution in [2.75, 3.05) is 12.8 Å². The Hall–Kier alpha value is -0.470. The number of nitrogens with one attached hydrogen (secondary N) is 1. The first-order valence-corrected chi connectivity index (χ1v) is 5.73. The van der Waals surface area contributed by atoms with Gasteiger partial charge in [0.05, 0.1) is 20.8 Å². The van der Waals surface area contributed by atoms with E-state index in [2.05, 4.69) is 5.48 Å². The molecule has 3 nitrogen and oxygen atoms in total. The predicted molar refractivity (Wildman–Crippen MR) is 53.0 cm³/mol. The third-order valence-corrected chi connectivity index (χ3v) is 3.66. The van der Waals surface area contributed by atoms with Crippen LogP contribution in [0, 0.1) is 0 Å². The van der Waals surface area contributed by atoms with Gasteiger partial charge >= 0.3 is 0 Å². The molecule has 1 aliphatic heterocycles. The molecule has 2 unspecified atom stereocenters. The molecule has 1 saturated heterocycles. The Morgan fingerprint density at radius 3 is 2.69 bits per heavy atom. The maximum Gasteiger partial charge on any atom is 0.0862 e. The van der Waals surface area contributed by atoms with Gasteiger partial charge < -0.3 is 4.89 Å². The molecule has 2 rings (SSSR count). The van der Waals surface area contributed by atoms with E-state index in [1.54, 1.807) is 0 Å². The van der Waals surface area contributed by atoms with E-state index in [9.17, 15) is 4.89 Å². The van der Waals surface area contributed by atoms with Gasteiger partial charge in [-0.3, -0.25) is 4.84 Å². The van der Waals surface area contributed by atoms with Gasteiger partial charge in [-0.2, -0.15) is 5.48 Å². The van der Waals surface area contributed by atoms with Crippen molar-refractivity contribution in [2.45, 2.75) is 6.04 Å². The fourth-order valence-corrected chi connectivity index (χ4v) is 2.53. The highest BCUT2D eigenvalue weighted by Crippen LogP contribution is 2.30. The molecule has 1 aliphatic rings. The van der Waals surface area contributed by atoms with Crippen LogP contribution in [0.3, 0.4) is 0 Å². The van der Waals surface area contributed by atoms with Crippen molar-refractivity contribution >= 4 is 13.5 Å². The van der Waals surface area contributed by atoms with Gasteiger partial charge in [-0.15, -0.1) is 0 Å². The lowest BCUT2D eigenvalue weighted by atomic mass is 10.3. The molecule has 1 aromatic rings. The Morgan fingerprint density at radius 1 is 1.46 bits per heavy atom. The van der Waals surface area contributed by atoms with E-state index in [0.29, 0.717) is 12.6 Å². The van der Waals surface area contributed by atoms with E-state index in [1.807, 2.05) is 30.3 Å². The van der Waals surface area contributed by atoms with E-state index in [4.69, 9.17) is 4.84 Å². The first-order valence-electron chi connectivity index (χ1n) is 4.25. The van der Waals surface area contributed by atoms with E-state index in [0.717, 1.165) is 11.5 Å². The maximum absolute atomic E-state index is 9.83. The van der Waals surface area contributed by atoms with E-state index in [-0.39, 0.29) is 0 Å². The Balaban J connectivity index is 1.92. The molecular weight excluding hydrogens is 185 g/mol. The van der Waals surface area contributed by atoms with Gasteiger partial charge in [0.25, 0.3) is 0 Å². The molecule has 1 heterocycles. The second-order valence-electron chi connectivity index (χ2n) is 3.04. The van der Waals surface area contributed by atoms with Crippen LogP contribution in [0.25, 0.3) is 0 Å². The second kappa shape index (κ2) is 4.16.